The van der Waals surface area contributed by atoms with E-state index in [1.807, 2.05) is 57.1 Å². The Labute approximate surface area is 109 Å². The lowest BCUT2D eigenvalue weighted by molar-refractivity contribution is -0.121. The van der Waals surface area contributed by atoms with Gasteiger partial charge in [0.15, 0.2) is 0 Å². The average Bonchev–Trinajstić information content (AvgIpc) is 2.27. The lowest BCUT2D eigenvalue weighted by Crippen LogP contribution is -2.32. The van der Waals surface area contributed by atoms with Crippen LogP contribution in [0.15, 0.2) is 24.3 Å². The monoisotopic (exact) mass is 249 g/mol. The highest BCUT2D eigenvalue weighted by atomic mass is 16.1. The first kappa shape index (κ1) is 14.5. The summed E-state index contributed by atoms with van der Waals surface area (Å²) in [5.41, 5.74) is 8.13. The second-order valence-corrected chi connectivity index (χ2v) is 5.02. The molecule has 0 aliphatic heterocycles. The molecule has 1 amide bonds. The van der Waals surface area contributed by atoms with E-state index in [0.29, 0.717) is 6.42 Å². The highest BCUT2D eigenvalue weighted by molar-refractivity contribution is 5.77. The van der Waals surface area contributed by atoms with Crippen LogP contribution in [0.4, 0.5) is 5.69 Å². The average molecular weight is 249 g/mol. The fraction of sp³-hybridized carbons (Fsp3) is 0.500. The van der Waals surface area contributed by atoms with Crippen molar-refractivity contribution in [2.75, 3.05) is 19.0 Å². The van der Waals surface area contributed by atoms with Crippen LogP contribution in [0, 0.1) is 0 Å². The van der Waals surface area contributed by atoms with Crippen LogP contribution in [0.3, 0.4) is 0 Å². The zero-order valence-electron chi connectivity index (χ0n) is 11.6. The first-order valence-electron chi connectivity index (χ1n) is 6.22. The number of hydrogen-bond donors (Lipinski definition) is 2. The predicted octanol–water partition coefficient (Wildman–Crippen LogP) is 1.67. The highest BCUT2D eigenvalue weighted by Gasteiger charge is 2.12. The molecule has 0 saturated carbocycles. The third kappa shape index (κ3) is 4.37. The normalized spacial score (nSPS) is 12.3. The van der Waals surface area contributed by atoms with Crippen molar-refractivity contribution >= 4 is 11.6 Å². The van der Waals surface area contributed by atoms with Crippen LogP contribution in [0.5, 0.6) is 0 Å². The second-order valence-electron chi connectivity index (χ2n) is 5.02. The summed E-state index contributed by atoms with van der Waals surface area (Å²) in [6.45, 7) is 3.88. The van der Waals surface area contributed by atoms with Crippen LogP contribution >= 0.6 is 0 Å². The Balaban J connectivity index is 2.61. The Hall–Kier alpha value is -1.55. The van der Waals surface area contributed by atoms with Gasteiger partial charge in [-0.3, -0.25) is 4.79 Å². The van der Waals surface area contributed by atoms with Gasteiger partial charge in [-0.1, -0.05) is 12.1 Å². The molecule has 0 aliphatic rings. The zero-order chi connectivity index (χ0) is 13.7. The summed E-state index contributed by atoms with van der Waals surface area (Å²) in [6, 6.07) is 7.87. The van der Waals surface area contributed by atoms with E-state index in [1.54, 1.807) is 0 Å². The van der Waals surface area contributed by atoms with Crippen LogP contribution in [0.1, 0.15) is 31.9 Å². The van der Waals surface area contributed by atoms with Crippen molar-refractivity contribution in [1.29, 1.82) is 0 Å². The fourth-order valence-electron chi connectivity index (χ4n) is 1.72. The summed E-state index contributed by atoms with van der Waals surface area (Å²) in [4.78, 5) is 13.6. The summed E-state index contributed by atoms with van der Waals surface area (Å²) >= 11 is 0. The maximum absolute atomic E-state index is 11.6. The lowest BCUT2D eigenvalue weighted by Gasteiger charge is -2.16. The van der Waals surface area contributed by atoms with Gasteiger partial charge in [-0.05, 0) is 31.5 Å². The summed E-state index contributed by atoms with van der Waals surface area (Å²) < 4.78 is 0. The second kappa shape index (κ2) is 6.40. The number of amides is 1. The van der Waals surface area contributed by atoms with Crippen LogP contribution in [-0.2, 0) is 4.79 Å². The number of nitrogens with one attached hydrogen (secondary N) is 1. The van der Waals surface area contributed by atoms with Gasteiger partial charge in [0.2, 0.25) is 5.91 Å². The molecule has 3 N–H and O–H groups in total. The standard InChI is InChI=1S/C14H23N3O/c1-10(2)16-14(18)9-13(15)11-5-7-12(8-6-11)17(3)4/h5-8,10,13H,9,15H2,1-4H3,(H,16,18). The van der Waals surface area contributed by atoms with Crippen molar-refractivity contribution in [3.63, 3.8) is 0 Å². The third-order valence-corrected chi connectivity index (χ3v) is 2.69. The molecule has 0 radical (unpaired) electrons. The minimum absolute atomic E-state index is 0.00538. The Morgan fingerprint density at radius 1 is 1.28 bits per heavy atom. The van der Waals surface area contributed by atoms with Gasteiger partial charge in [0, 0.05) is 38.3 Å². The van der Waals surface area contributed by atoms with Gasteiger partial charge in [-0.2, -0.15) is 0 Å². The number of benzene rings is 1. The summed E-state index contributed by atoms with van der Waals surface area (Å²) in [5, 5.41) is 2.85. The summed E-state index contributed by atoms with van der Waals surface area (Å²) in [6.07, 6.45) is 0.319. The maximum Gasteiger partial charge on any atom is 0.222 e. The number of anilines is 1. The number of rotatable bonds is 5. The van der Waals surface area contributed by atoms with Crippen LogP contribution in [0.25, 0.3) is 0 Å². The third-order valence-electron chi connectivity index (χ3n) is 2.69. The molecule has 18 heavy (non-hydrogen) atoms. The van der Waals surface area contributed by atoms with E-state index < -0.39 is 0 Å². The quantitative estimate of drug-likeness (QED) is 0.834. The number of carbonyl (C=O) groups is 1. The molecule has 0 aliphatic carbocycles. The maximum atomic E-state index is 11.6. The number of carbonyl (C=O) groups excluding carboxylic acids is 1. The van der Waals surface area contributed by atoms with Gasteiger partial charge in [0.05, 0.1) is 0 Å². The molecule has 0 bridgehead atoms. The highest BCUT2D eigenvalue weighted by Crippen LogP contribution is 2.18. The molecule has 4 heteroatoms. The Bertz CT molecular complexity index is 385. The molecule has 1 unspecified atom stereocenters. The van der Waals surface area contributed by atoms with Crippen LogP contribution in [-0.4, -0.2) is 26.0 Å². The molecule has 0 heterocycles. The predicted molar refractivity (Wildman–Crippen MR) is 75.6 cm³/mol. The van der Waals surface area contributed by atoms with Crippen LogP contribution in [0.2, 0.25) is 0 Å². The molecule has 100 valence electrons. The van der Waals surface area contributed by atoms with E-state index in [0.717, 1.165) is 11.3 Å². The van der Waals surface area contributed by atoms with Gasteiger partial charge in [-0.25, -0.2) is 0 Å². The van der Waals surface area contributed by atoms with Gasteiger partial charge < -0.3 is 16.0 Å². The van der Waals surface area contributed by atoms with E-state index in [1.165, 1.54) is 0 Å². The van der Waals surface area contributed by atoms with Gasteiger partial charge >= 0.3 is 0 Å². The Morgan fingerprint density at radius 2 is 1.83 bits per heavy atom. The van der Waals surface area contributed by atoms with E-state index in [4.69, 9.17) is 5.73 Å². The number of hydrogen-bond acceptors (Lipinski definition) is 3. The molecular formula is C14H23N3O. The smallest absolute Gasteiger partial charge is 0.222 e. The molecular weight excluding hydrogens is 226 g/mol. The minimum atomic E-state index is -0.250. The van der Waals surface area contributed by atoms with Gasteiger partial charge in [-0.15, -0.1) is 0 Å². The SMILES string of the molecule is CC(C)NC(=O)CC(N)c1ccc(N(C)C)cc1. The summed E-state index contributed by atoms with van der Waals surface area (Å²) in [7, 11) is 3.98. The molecule has 4 nitrogen and oxygen atoms in total. The topological polar surface area (TPSA) is 58.4 Å². The molecule has 0 spiro atoms. The summed E-state index contributed by atoms with van der Waals surface area (Å²) in [5.74, 6) is -0.00538. The fourth-order valence-corrected chi connectivity index (χ4v) is 1.72. The molecule has 1 rings (SSSR count). The lowest BCUT2D eigenvalue weighted by atomic mass is 10.0. The Kier molecular flexibility index (Phi) is 5.16. The van der Waals surface area contributed by atoms with Crippen LogP contribution < -0.4 is 16.0 Å². The molecule has 1 aromatic rings. The largest absolute Gasteiger partial charge is 0.378 e. The van der Waals surface area contributed by atoms with Crippen molar-refractivity contribution in [3.05, 3.63) is 29.8 Å². The molecule has 1 aromatic carbocycles. The van der Waals surface area contributed by atoms with E-state index in [2.05, 4.69) is 5.32 Å². The van der Waals surface area contributed by atoms with E-state index >= 15 is 0 Å². The minimum Gasteiger partial charge on any atom is -0.378 e. The zero-order valence-corrected chi connectivity index (χ0v) is 11.6. The molecule has 0 aromatic heterocycles. The van der Waals surface area contributed by atoms with Gasteiger partial charge in [0.1, 0.15) is 0 Å². The van der Waals surface area contributed by atoms with Crippen molar-refractivity contribution < 1.29 is 4.79 Å². The van der Waals surface area contributed by atoms with Crippen molar-refractivity contribution in [2.24, 2.45) is 5.73 Å². The van der Waals surface area contributed by atoms with Crippen molar-refractivity contribution in [1.82, 2.24) is 5.32 Å². The van der Waals surface area contributed by atoms with Crippen molar-refractivity contribution in [3.8, 4) is 0 Å². The van der Waals surface area contributed by atoms with E-state index in [9.17, 15) is 4.79 Å². The first-order valence-corrected chi connectivity index (χ1v) is 6.22. The van der Waals surface area contributed by atoms with E-state index in [-0.39, 0.29) is 18.0 Å². The van der Waals surface area contributed by atoms with Crippen molar-refractivity contribution in [2.45, 2.75) is 32.4 Å². The molecule has 0 saturated heterocycles. The first-order chi connectivity index (χ1) is 8.40. The molecule has 0 fully saturated rings. The number of nitrogens with zero attached hydrogens (tertiary/aromatic N) is 1. The Morgan fingerprint density at radius 3 is 2.28 bits per heavy atom. The number of nitrogens with two attached hydrogens (primary N) is 1. The molecule has 1 atom stereocenters. The van der Waals surface area contributed by atoms with Gasteiger partial charge in [0.25, 0.3) is 0 Å².